The summed E-state index contributed by atoms with van der Waals surface area (Å²) in [5, 5.41) is 1.02. The van der Waals surface area contributed by atoms with E-state index in [4.69, 9.17) is 10.7 Å². The van der Waals surface area contributed by atoms with Crippen LogP contribution in [0.15, 0.2) is 65.6 Å². The number of anilines is 1. The largest absolute Gasteiger partial charge is 0.399 e. The third-order valence-electron chi connectivity index (χ3n) is 5.29. The highest BCUT2D eigenvalue weighted by atomic mass is 32.1. The number of H-pyrrole nitrogens is 1. The molecule has 3 N–H and O–H groups in total. The third-order valence-corrected chi connectivity index (χ3v) is 6.32. The number of fused-ring (bicyclic) bond motifs is 1. The SMILES string of the molecule is Nc1ccc(-c2nc3c(c(=O)[nH]2)CN(Cc2cnc(-c4ccccc4)s2)CC3)cc1. The Kier molecular flexibility index (Phi) is 4.90. The highest BCUT2D eigenvalue weighted by molar-refractivity contribution is 7.15. The Hall–Kier alpha value is -3.29. The van der Waals surface area contributed by atoms with Gasteiger partial charge in [0.2, 0.25) is 0 Å². The number of hydrogen-bond donors (Lipinski definition) is 2. The lowest BCUT2D eigenvalue weighted by molar-refractivity contribution is 0.244. The molecular weight excluding hydrogens is 394 g/mol. The van der Waals surface area contributed by atoms with E-state index in [1.165, 1.54) is 4.88 Å². The van der Waals surface area contributed by atoms with Crippen LogP contribution in [0, 0.1) is 0 Å². The van der Waals surface area contributed by atoms with E-state index in [-0.39, 0.29) is 5.56 Å². The molecule has 0 radical (unpaired) electrons. The van der Waals surface area contributed by atoms with E-state index in [1.807, 2.05) is 48.7 Å². The molecule has 1 aliphatic rings. The van der Waals surface area contributed by atoms with E-state index in [2.05, 4.69) is 27.0 Å². The second-order valence-corrected chi connectivity index (χ2v) is 8.54. The summed E-state index contributed by atoms with van der Waals surface area (Å²) in [6.07, 6.45) is 2.70. The van der Waals surface area contributed by atoms with Crippen LogP contribution in [0.4, 0.5) is 5.69 Å². The lowest BCUT2D eigenvalue weighted by atomic mass is 10.1. The number of nitrogens with one attached hydrogen (secondary N) is 1. The molecule has 7 heteroatoms. The minimum atomic E-state index is -0.0641. The Morgan fingerprint density at radius 3 is 2.67 bits per heavy atom. The van der Waals surface area contributed by atoms with Crippen molar-refractivity contribution in [3.63, 3.8) is 0 Å². The number of benzene rings is 2. The van der Waals surface area contributed by atoms with Gasteiger partial charge in [0.05, 0.1) is 11.3 Å². The van der Waals surface area contributed by atoms with Crippen molar-refractivity contribution < 1.29 is 0 Å². The molecule has 0 unspecified atom stereocenters. The highest BCUT2D eigenvalue weighted by Crippen LogP contribution is 2.27. The van der Waals surface area contributed by atoms with Crippen LogP contribution in [0.25, 0.3) is 22.0 Å². The van der Waals surface area contributed by atoms with E-state index >= 15 is 0 Å². The summed E-state index contributed by atoms with van der Waals surface area (Å²) in [5.41, 5.74) is 10.0. The average Bonchev–Trinajstić information content (AvgIpc) is 3.24. The second kappa shape index (κ2) is 7.85. The van der Waals surface area contributed by atoms with Gasteiger partial charge in [-0.25, -0.2) is 9.97 Å². The maximum Gasteiger partial charge on any atom is 0.255 e. The van der Waals surface area contributed by atoms with E-state index in [1.54, 1.807) is 11.3 Å². The molecule has 5 rings (SSSR count). The first kappa shape index (κ1) is 18.7. The van der Waals surface area contributed by atoms with Gasteiger partial charge in [0.25, 0.3) is 5.56 Å². The number of rotatable bonds is 4. The molecule has 2 aromatic carbocycles. The highest BCUT2D eigenvalue weighted by Gasteiger charge is 2.22. The second-order valence-electron chi connectivity index (χ2n) is 7.42. The standard InChI is InChI=1S/C23H21N5OS/c24-17-8-6-15(7-9-17)21-26-20-10-11-28(14-19(20)22(29)27-21)13-18-12-25-23(30-18)16-4-2-1-3-5-16/h1-9,12H,10-11,13-14,24H2,(H,26,27,29). The number of thiazole rings is 1. The summed E-state index contributed by atoms with van der Waals surface area (Å²) in [6.45, 7) is 2.24. The number of aromatic nitrogens is 3. The zero-order chi connectivity index (χ0) is 20.5. The fourth-order valence-corrected chi connectivity index (χ4v) is 4.67. The topological polar surface area (TPSA) is 87.9 Å². The lowest BCUT2D eigenvalue weighted by Crippen LogP contribution is -2.35. The zero-order valence-electron chi connectivity index (χ0n) is 16.3. The van der Waals surface area contributed by atoms with Crippen LogP contribution in [0.2, 0.25) is 0 Å². The van der Waals surface area contributed by atoms with Gasteiger partial charge in [-0.15, -0.1) is 11.3 Å². The van der Waals surface area contributed by atoms with Crippen molar-refractivity contribution in [3.05, 3.63) is 87.3 Å². The number of aromatic amines is 1. The van der Waals surface area contributed by atoms with Crippen LogP contribution >= 0.6 is 11.3 Å². The van der Waals surface area contributed by atoms with Crippen molar-refractivity contribution in [2.45, 2.75) is 19.5 Å². The zero-order valence-corrected chi connectivity index (χ0v) is 17.2. The summed E-state index contributed by atoms with van der Waals surface area (Å²) < 4.78 is 0. The van der Waals surface area contributed by atoms with Crippen molar-refractivity contribution in [2.75, 3.05) is 12.3 Å². The van der Waals surface area contributed by atoms with Crippen LogP contribution in [0.1, 0.15) is 16.1 Å². The van der Waals surface area contributed by atoms with Gasteiger partial charge in [-0.2, -0.15) is 0 Å². The molecule has 0 atom stereocenters. The van der Waals surface area contributed by atoms with Crippen LogP contribution in [-0.2, 0) is 19.5 Å². The van der Waals surface area contributed by atoms with Crippen molar-refractivity contribution in [2.24, 2.45) is 0 Å². The predicted octanol–water partition coefficient (Wildman–Crippen LogP) is 3.70. The fraction of sp³-hybridized carbons (Fsp3) is 0.174. The van der Waals surface area contributed by atoms with Crippen LogP contribution in [0.5, 0.6) is 0 Å². The third kappa shape index (κ3) is 3.77. The van der Waals surface area contributed by atoms with Gasteiger partial charge < -0.3 is 10.7 Å². The molecule has 0 bridgehead atoms. The summed E-state index contributed by atoms with van der Waals surface area (Å²) in [7, 11) is 0. The molecular formula is C23H21N5OS. The molecule has 0 saturated carbocycles. The Morgan fingerprint density at radius 2 is 1.87 bits per heavy atom. The first-order valence-electron chi connectivity index (χ1n) is 9.86. The first-order valence-corrected chi connectivity index (χ1v) is 10.7. The quantitative estimate of drug-likeness (QED) is 0.496. The molecule has 0 fully saturated rings. The lowest BCUT2D eigenvalue weighted by Gasteiger charge is -2.27. The average molecular weight is 416 g/mol. The van der Waals surface area contributed by atoms with E-state index in [9.17, 15) is 4.79 Å². The molecule has 2 aromatic heterocycles. The van der Waals surface area contributed by atoms with Crippen LogP contribution in [-0.4, -0.2) is 26.4 Å². The number of nitrogens with two attached hydrogens (primary N) is 1. The summed E-state index contributed by atoms with van der Waals surface area (Å²) in [4.78, 5) is 28.5. The molecule has 6 nitrogen and oxygen atoms in total. The van der Waals surface area contributed by atoms with Crippen molar-refractivity contribution in [3.8, 4) is 22.0 Å². The molecule has 0 saturated heterocycles. The van der Waals surface area contributed by atoms with Gasteiger partial charge in [0.1, 0.15) is 10.8 Å². The molecule has 150 valence electrons. The Balaban J connectivity index is 1.34. The van der Waals surface area contributed by atoms with Crippen molar-refractivity contribution in [1.29, 1.82) is 0 Å². The molecule has 0 amide bonds. The van der Waals surface area contributed by atoms with Crippen LogP contribution < -0.4 is 11.3 Å². The Labute approximate surface area is 178 Å². The summed E-state index contributed by atoms with van der Waals surface area (Å²) >= 11 is 1.70. The van der Waals surface area contributed by atoms with E-state index in [0.29, 0.717) is 18.1 Å². The summed E-state index contributed by atoms with van der Waals surface area (Å²) in [6, 6.07) is 17.6. The Morgan fingerprint density at radius 1 is 1.07 bits per heavy atom. The maximum atomic E-state index is 12.8. The molecule has 30 heavy (non-hydrogen) atoms. The van der Waals surface area contributed by atoms with Crippen LogP contribution in [0.3, 0.4) is 0 Å². The molecule has 0 aliphatic carbocycles. The minimum absolute atomic E-state index is 0.0641. The normalized spacial score (nSPS) is 13.9. The summed E-state index contributed by atoms with van der Waals surface area (Å²) in [5.74, 6) is 0.599. The number of nitrogen functional groups attached to an aromatic ring is 1. The Bertz CT molecular complexity index is 1230. The van der Waals surface area contributed by atoms with Gasteiger partial charge in [0, 0.05) is 53.9 Å². The molecule has 3 heterocycles. The first-order chi connectivity index (χ1) is 14.7. The van der Waals surface area contributed by atoms with Crippen molar-refractivity contribution >= 4 is 17.0 Å². The smallest absolute Gasteiger partial charge is 0.255 e. The molecule has 1 aliphatic heterocycles. The van der Waals surface area contributed by atoms with Gasteiger partial charge in [-0.05, 0) is 24.3 Å². The van der Waals surface area contributed by atoms with Crippen molar-refractivity contribution in [1.82, 2.24) is 19.9 Å². The molecule has 4 aromatic rings. The van der Waals surface area contributed by atoms with Gasteiger partial charge in [-0.3, -0.25) is 9.69 Å². The predicted molar refractivity (Wildman–Crippen MR) is 120 cm³/mol. The van der Waals surface area contributed by atoms with Gasteiger partial charge in [0.15, 0.2) is 0 Å². The van der Waals surface area contributed by atoms with E-state index in [0.717, 1.165) is 46.9 Å². The minimum Gasteiger partial charge on any atom is -0.399 e. The van der Waals surface area contributed by atoms with Gasteiger partial charge >= 0.3 is 0 Å². The van der Waals surface area contributed by atoms with E-state index < -0.39 is 0 Å². The van der Waals surface area contributed by atoms with Gasteiger partial charge in [-0.1, -0.05) is 30.3 Å². The fourth-order valence-electron chi connectivity index (χ4n) is 3.71. The number of nitrogens with zero attached hydrogens (tertiary/aromatic N) is 3. The maximum absolute atomic E-state index is 12.8. The molecule has 0 spiro atoms. The number of hydrogen-bond acceptors (Lipinski definition) is 6. The monoisotopic (exact) mass is 415 g/mol.